The van der Waals surface area contributed by atoms with Gasteiger partial charge in [-0.3, -0.25) is 0 Å². The number of benzene rings is 1. The van der Waals surface area contributed by atoms with Gasteiger partial charge in [-0.05, 0) is 49.8 Å². The molecule has 0 aromatic heterocycles. The van der Waals surface area contributed by atoms with Crippen LogP contribution in [0.25, 0.3) is 0 Å². The Labute approximate surface area is 131 Å². The Morgan fingerprint density at radius 2 is 1.90 bits per heavy atom. The van der Waals surface area contributed by atoms with E-state index in [0.717, 1.165) is 18.4 Å². The van der Waals surface area contributed by atoms with Gasteiger partial charge in [0.25, 0.3) is 0 Å². The van der Waals surface area contributed by atoms with E-state index < -0.39 is 10.0 Å². The quantitative estimate of drug-likeness (QED) is 0.815. The minimum atomic E-state index is -3.50. The lowest BCUT2D eigenvalue weighted by atomic mass is 9.88. The smallest absolute Gasteiger partial charge is 0.240 e. The van der Waals surface area contributed by atoms with Gasteiger partial charge in [0.15, 0.2) is 0 Å². The molecule has 0 atom stereocenters. The number of hydrogen-bond acceptors (Lipinski definition) is 4. The lowest BCUT2D eigenvalue weighted by molar-refractivity contribution is 0.395. The number of hydrogen-bond donors (Lipinski definition) is 2. The standard InChI is InChI=1S/C15H24N2O2S2/c1-12-8-13(16)10-14(9-12)21(18,19)17-11-15(20-2)6-4-3-5-7-15/h8-10,17H,3-7,11,16H2,1-2H3. The van der Waals surface area contributed by atoms with Crippen molar-refractivity contribution in [2.24, 2.45) is 0 Å². The number of sulfonamides is 1. The van der Waals surface area contributed by atoms with E-state index in [4.69, 9.17) is 5.73 Å². The van der Waals surface area contributed by atoms with Crippen LogP contribution in [0.15, 0.2) is 23.1 Å². The van der Waals surface area contributed by atoms with Crippen molar-refractivity contribution in [3.8, 4) is 0 Å². The summed E-state index contributed by atoms with van der Waals surface area (Å²) in [4.78, 5) is 0.257. The average Bonchev–Trinajstić information content (AvgIpc) is 2.45. The third-order valence-corrected chi connectivity index (χ3v) is 6.96. The van der Waals surface area contributed by atoms with Gasteiger partial charge >= 0.3 is 0 Å². The lowest BCUT2D eigenvalue weighted by Gasteiger charge is -2.35. The van der Waals surface area contributed by atoms with Gasteiger partial charge in [-0.15, -0.1) is 0 Å². The molecule has 1 aliphatic carbocycles. The highest BCUT2D eigenvalue weighted by molar-refractivity contribution is 8.00. The van der Waals surface area contributed by atoms with Gasteiger partial charge in [0.2, 0.25) is 10.0 Å². The van der Waals surface area contributed by atoms with Crippen LogP contribution in [0.3, 0.4) is 0 Å². The second-order valence-corrected chi connectivity index (χ2v) is 8.89. The number of anilines is 1. The highest BCUT2D eigenvalue weighted by atomic mass is 32.2. The van der Waals surface area contributed by atoms with Crippen molar-refractivity contribution in [2.75, 3.05) is 18.5 Å². The number of nitrogens with two attached hydrogens (primary N) is 1. The van der Waals surface area contributed by atoms with Crippen molar-refractivity contribution < 1.29 is 8.42 Å². The highest BCUT2D eigenvalue weighted by Gasteiger charge is 2.32. The summed E-state index contributed by atoms with van der Waals surface area (Å²) in [6.07, 6.45) is 7.84. The highest BCUT2D eigenvalue weighted by Crippen LogP contribution is 2.38. The molecule has 6 heteroatoms. The molecule has 0 spiro atoms. The Morgan fingerprint density at radius 1 is 1.24 bits per heavy atom. The van der Waals surface area contributed by atoms with Crippen LogP contribution in [0.5, 0.6) is 0 Å². The summed E-state index contributed by atoms with van der Waals surface area (Å²) < 4.78 is 27.8. The van der Waals surface area contributed by atoms with E-state index in [0.29, 0.717) is 12.2 Å². The molecule has 118 valence electrons. The molecule has 0 saturated heterocycles. The summed E-state index contributed by atoms with van der Waals surface area (Å²) in [6, 6.07) is 4.94. The van der Waals surface area contributed by atoms with Crippen molar-refractivity contribution in [3.05, 3.63) is 23.8 Å². The first-order chi connectivity index (χ1) is 9.87. The molecular weight excluding hydrogens is 304 g/mol. The molecule has 0 unspecified atom stereocenters. The molecule has 21 heavy (non-hydrogen) atoms. The Hall–Kier alpha value is -0.720. The summed E-state index contributed by atoms with van der Waals surface area (Å²) in [7, 11) is -3.50. The van der Waals surface area contributed by atoms with Crippen molar-refractivity contribution in [1.29, 1.82) is 0 Å². The zero-order valence-corrected chi connectivity index (χ0v) is 14.3. The van der Waals surface area contributed by atoms with Gasteiger partial charge in [-0.2, -0.15) is 11.8 Å². The Morgan fingerprint density at radius 3 is 2.48 bits per heavy atom. The first kappa shape index (κ1) is 16.6. The predicted octanol–water partition coefficient (Wildman–Crippen LogP) is 2.92. The topological polar surface area (TPSA) is 72.2 Å². The predicted molar refractivity (Wildman–Crippen MR) is 90.1 cm³/mol. The van der Waals surface area contributed by atoms with Gasteiger partial charge in [-0.25, -0.2) is 13.1 Å². The van der Waals surface area contributed by atoms with E-state index in [1.165, 1.54) is 25.3 Å². The van der Waals surface area contributed by atoms with E-state index in [1.807, 2.05) is 6.92 Å². The van der Waals surface area contributed by atoms with Crippen molar-refractivity contribution in [3.63, 3.8) is 0 Å². The fraction of sp³-hybridized carbons (Fsp3) is 0.600. The van der Waals surface area contributed by atoms with Crippen molar-refractivity contribution in [1.82, 2.24) is 4.72 Å². The second kappa shape index (κ2) is 6.58. The molecule has 1 aliphatic rings. The van der Waals surface area contributed by atoms with Gasteiger partial charge < -0.3 is 5.73 Å². The fourth-order valence-corrected chi connectivity index (χ4v) is 5.16. The molecule has 1 aromatic rings. The number of nitrogens with one attached hydrogen (secondary N) is 1. The normalized spacial score (nSPS) is 18.6. The van der Waals surface area contributed by atoms with Gasteiger partial charge in [0, 0.05) is 17.0 Å². The first-order valence-electron chi connectivity index (χ1n) is 7.29. The Kier molecular flexibility index (Phi) is 5.22. The molecule has 0 amide bonds. The van der Waals surface area contributed by atoms with Gasteiger partial charge in [0.1, 0.15) is 0 Å². The Balaban J connectivity index is 2.13. The monoisotopic (exact) mass is 328 g/mol. The zero-order chi connectivity index (χ0) is 15.5. The Bertz CT molecular complexity index is 573. The molecule has 0 heterocycles. The van der Waals surface area contributed by atoms with Gasteiger partial charge in [0.05, 0.1) is 4.90 Å². The molecule has 1 aromatic carbocycles. The number of aryl methyl sites for hydroxylation is 1. The molecule has 3 N–H and O–H groups in total. The maximum atomic E-state index is 12.5. The maximum Gasteiger partial charge on any atom is 0.240 e. The summed E-state index contributed by atoms with van der Waals surface area (Å²) in [5, 5.41) is 0. The summed E-state index contributed by atoms with van der Waals surface area (Å²) in [5.41, 5.74) is 7.08. The molecule has 1 saturated carbocycles. The van der Waals surface area contributed by atoms with Crippen LogP contribution < -0.4 is 10.5 Å². The molecular formula is C15H24N2O2S2. The van der Waals surface area contributed by atoms with E-state index in [9.17, 15) is 8.42 Å². The number of thioether (sulfide) groups is 1. The van der Waals surface area contributed by atoms with E-state index >= 15 is 0 Å². The molecule has 2 rings (SSSR count). The van der Waals surface area contributed by atoms with Crippen LogP contribution in [0.1, 0.15) is 37.7 Å². The van der Waals surface area contributed by atoms with E-state index in [1.54, 1.807) is 23.9 Å². The van der Waals surface area contributed by atoms with Gasteiger partial charge in [-0.1, -0.05) is 19.3 Å². The molecule has 0 bridgehead atoms. The van der Waals surface area contributed by atoms with Crippen LogP contribution >= 0.6 is 11.8 Å². The summed E-state index contributed by atoms with van der Waals surface area (Å²) in [5.74, 6) is 0. The first-order valence-corrected chi connectivity index (χ1v) is 10.00. The van der Waals surface area contributed by atoms with E-state index in [-0.39, 0.29) is 9.64 Å². The van der Waals surface area contributed by atoms with E-state index in [2.05, 4.69) is 11.0 Å². The maximum absolute atomic E-state index is 12.5. The molecule has 4 nitrogen and oxygen atoms in total. The summed E-state index contributed by atoms with van der Waals surface area (Å²) in [6.45, 7) is 2.34. The third kappa shape index (κ3) is 4.14. The van der Waals surface area contributed by atoms with Crippen LogP contribution in [-0.4, -0.2) is 26.0 Å². The summed E-state index contributed by atoms with van der Waals surface area (Å²) >= 11 is 1.78. The van der Waals surface area contributed by atoms with Crippen LogP contribution in [0.2, 0.25) is 0 Å². The number of rotatable bonds is 5. The van der Waals surface area contributed by atoms with Crippen LogP contribution in [0, 0.1) is 6.92 Å². The third-order valence-electron chi connectivity index (χ3n) is 4.17. The second-order valence-electron chi connectivity index (χ2n) is 5.85. The van der Waals surface area contributed by atoms with Crippen LogP contribution in [-0.2, 0) is 10.0 Å². The molecule has 0 aliphatic heterocycles. The SMILES string of the molecule is CSC1(CNS(=O)(=O)c2cc(C)cc(N)c2)CCCCC1. The minimum absolute atomic E-state index is 0.0424. The van der Waals surface area contributed by atoms with Crippen molar-refractivity contribution in [2.45, 2.75) is 48.7 Å². The number of nitrogen functional groups attached to an aromatic ring is 1. The largest absolute Gasteiger partial charge is 0.399 e. The van der Waals surface area contributed by atoms with Crippen molar-refractivity contribution >= 4 is 27.5 Å². The molecule has 0 radical (unpaired) electrons. The lowest BCUT2D eigenvalue weighted by Crippen LogP contribution is -2.41. The average molecular weight is 329 g/mol. The molecule has 1 fully saturated rings. The fourth-order valence-electron chi connectivity index (χ4n) is 2.89. The minimum Gasteiger partial charge on any atom is -0.399 e. The zero-order valence-electron chi connectivity index (χ0n) is 12.7. The van der Waals surface area contributed by atoms with Crippen LogP contribution in [0.4, 0.5) is 5.69 Å².